The van der Waals surface area contributed by atoms with E-state index in [1.54, 1.807) is 13.0 Å². The maximum atomic E-state index is 11.8. The smallest absolute Gasteiger partial charge is 0.328 e. The Kier molecular flexibility index (Phi) is 5.30. The van der Waals surface area contributed by atoms with Crippen LogP contribution in [-0.4, -0.2) is 6.04 Å². The number of allylic oxidation sites excluding steroid dienone is 5. The fraction of sp³-hybridized carbons (Fsp3) is 0.222. The third-order valence-corrected chi connectivity index (χ3v) is 1.23. The Bertz CT molecular complexity index is 251. The van der Waals surface area contributed by atoms with Crippen molar-refractivity contribution in [3.63, 3.8) is 0 Å². The quantitative estimate of drug-likeness (QED) is 0.331. The van der Waals surface area contributed by atoms with E-state index >= 15 is 0 Å². The number of carbonyl (C=O) groups excluding carboxylic acids is 1. The SMILES string of the molecule is C=C(Br)/C=C(\C)O/C(C)=C\C(=O)F. The number of hydrogen-bond donors (Lipinski definition) is 0. The lowest BCUT2D eigenvalue weighted by Gasteiger charge is -2.03. The van der Waals surface area contributed by atoms with Crippen molar-refractivity contribution in [3.05, 3.63) is 34.7 Å². The van der Waals surface area contributed by atoms with E-state index in [1.165, 1.54) is 6.92 Å². The lowest BCUT2D eigenvalue weighted by Crippen LogP contribution is -1.89. The molecule has 4 heteroatoms. The van der Waals surface area contributed by atoms with Gasteiger partial charge in [0.15, 0.2) is 0 Å². The first-order valence-electron chi connectivity index (χ1n) is 3.50. The van der Waals surface area contributed by atoms with Crippen molar-refractivity contribution < 1.29 is 13.9 Å². The van der Waals surface area contributed by atoms with Crippen LogP contribution in [0.4, 0.5) is 4.39 Å². The number of halogens is 2. The average Bonchev–Trinajstić information content (AvgIpc) is 1.80. The first-order valence-corrected chi connectivity index (χ1v) is 4.29. The topological polar surface area (TPSA) is 26.3 Å². The molecule has 0 atom stereocenters. The minimum absolute atomic E-state index is 0.204. The monoisotopic (exact) mass is 248 g/mol. The van der Waals surface area contributed by atoms with Crippen LogP contribution >= 0.6 is 15.9 Å². The van der Waals surface area contributed by atoms with Gasteiger partial charge in [0.2, 0.25) is 0 Å². The van der Waals surface area contributed by atoms with Crippen molar-refractivity contribution >= 4 is 22.0 Å². The van der Waals surface area contributed by atoms with Gasteiger partial charge in [-0.1, -0.05) is 22.5 Å². The summed E-state index contributed by atoms with van der Waals surface area (Å²) in [5.41, 5.74) is 0. The van der Waals surface area contributed by atoms with Gasteiger partial charge in [0.1, 0.15) is 11.5 Å². The Labute approximate surface area is 84.9 Å². The van der Waals surface area contributed by atoms with Gasteiger partial charge in [-0.3, -0.25) is 4.79 Å². The van der Waals surface area contributed by atoms with E-state index in [-0.39, 0.29) is 5.76 Å². The second-order valence-electron chi connectivity index (χ2n) is 2.36. The summed E-state index contributed by atoms with van der Waals surface area (Å²) in [5.74, 6) is 0.729. The highest BCUT2D eigenvalue weighted by Crippen LogP contribution is 2.11. The highest BCUT2D eigenvalue weighted by Gasteiger charge is 1.97. The van der Waals surface area contributed by atoms with Gasteiger partial charge in [0.25, 0.3) is 0 Å². The summed E-state index contributed by atoms with van der Waals surface area (Å²) in [6, 6.07) is -1.53. The van der Waals surface area contributed by atoms with Gasteiger partial charge in [-0.05, 0) is 19.9 Å². The summed E-state index contributed by atoms with van der Waals surface area (Å²) in [6.45, 7) is 6.73. The number of carbonyl (C=O) groups is 1. The Morgan fingerprint density at radius 3 is 2.23 bits per heavy atom. The van der Waals surface area contributed by atoms with Crippen LogP contribution in [0.2, 0.25) is 0 Å². The highest BCUT2D eigenvalue weighted by molar-refractivity contribution is 9.11. The molecule has 0 radical (unpaired) electrons. The molecule has 2 nitrogen and oxygen atoms in total. The van der Waals surface area contributed by atoms with Crippen molar-refractivity contribution in [1.29, 1.82) is 0 Å². The molecule has 0 N–H and O–H groups in total. The average molecular weight is 249 g/mol. The fourth-order valence-electron chi connectivity index (χ4n) is 0.693. The Hall–Kier alpha value is -0.900. The number of ether oxygens (including phenoxy) is 1. The zero-order valence-corrected chi connectivity index (χ0v) is 9.02. The van der Waals surface area contributed by atoms with Gasteiger partial charge in [-0.15, -0.1) is 0 Å². The van der Waals surface area contributed by atoms with Crippen molar-refractivity contribution in [1.82, 2.24) is 0 Å². The van der Waals surface area contributed by atoms with Crippen molar-refractivity contribution in [3.8, 4) is 0 Å². The first-order chi connectivity index (χ1) is 5.91. The molecule has 0 saturated carbocycles. The molecule has 0 aromatic carbocycles. The zero-order chi connectivity index (χ0) is 10.4. The summed E-state index contributed by atoms with van der Waals surface area (Å²) in [5, 5.41) is 0. The lowest BCUT2D eigenvalue weighted by atomic mass is 10.4. The van der Waals surface area contributed by atoms with Crippen LogP contribution in [0.25, 0.3) is 0 Å². The van der Waals surface area contributed by atoms with Crippen LogP contribution in [0.3, 0.4) is 0 Å². The van der Waals surface area contributed by atoms with Crippen LogP contribution in [0.15, 0.2) is 34.7 Å². The van der Waals surface area contributed by atoms with Gasteiger partial charge in [0.05, 0.1) is 6.08 Å². The molecule has 0 aliphatic rings. The second-order valence-corrected chi connectivity index (χ2v) is 3.38. The molecule has 0 unspecified atom stereocenters. The summed E-state index contributed by atoms with van der Waals surface area (Å²) in [4.78, 5) is 9.99. The lowest BCUT2D eigenvalue weighted by molar-refractivity contribution is -0.124. The minimum Gasteiger partial charge on any atom is -0.466 e. The van der Waals surface area contributed by atoms with Crippen molar-refractivity contribution in [2.45, 2.75) is 13.8 Å². The third-order valence-electron chi connectivity index (χ3n) is 0.999. The van der Waals surface area contributed by atoms with Gasteiger partial charge < -0.3 is 4.74 Å². The molecular weight excluding hydrogens is 239 g/mol. The number of rotatable bonds is 4. The molecule has 0 aliphatic carbocycles. The standard InChI is InChI=1S/C9H10BrFO2/c1-6(10)4-7(2)13-8(3)5-9(11)12/h4-5H,1H2,2-3H3/b7-4+,8-5-. The third kappa shape index (κ3) is 7.46. The Balaban J connectivity index is 4.29. The Morgan fingerprint density at radius 1 is 1.38 bits per heavy atom. The second kappa shape index (κ2) is 5.70. The zero-order valence-electron chi connectivity index (χ0n) is 7.43. The predicted molar refractivity (Wildman–Crippen MR) is 52.8 cm³/mol. The molecule has 72 valence electrons. The molecule has 0 fully saturated rings. The van der Waals surface area contributed by atoms with Gasteiger partial charge in [-0.2, -0.15) is 4.39 Å². The van der Waals surface area contributed by atoms with Crippen LogP contribution < -0.4 is 0 Å². The maximum Gasteiger partial charge on any atom is 0.328 e. The fourth-order valence-corrected chi connectivity index (χ4v) is 1.02. The highest BCUT2D eigenvalue weighted by atomic mass is 79.9. The van der Waals surface area contributed by atoms with Crippen LogP contribution in [0, 0.1) is 0 Å². The predicted octanol–water partition coefficient (Wildman–Crippen LogP) is 3.22. The van der Waals surface area contributed by atoms with Gasteiger partial charge in [0, 0.05) is 4.48 Å². The molecule has 0 bridgehead atoms. The van der Waals surface area contributed by atoms with E-state index in [2.05, 4.69) is 22.5 Å². The molecule has 0 aromatic heterocycles. The van der Waals surface area contributed by atoms with Crippen LogP contribution in [0.5, 0.6) is 0 Å². The molecular formula is C9H10BrFO2. The molecule has 0 heterocycles. The maximum absolute atomic E-state index is 11.8. The largest absolute Gasteiger partial charge is 0.466 e. The van der Waals surface area contributed by atoms with E-state index in [0.717, 1.165) is 6.08 Å². The minimum atomic E-state index is -1.53. The molecule has 13 heavy (non-hydrogen) atoms. The van der Waals surface area contributed by atoms with Crippen molar-refractivity contribution in [2.75, 3.05) is 0 Å². The van der Waals surface area contributed by atoms with E-state index in [0.29, 0.717) is 10.2 Å². The van der Waals surface area contributed by atoms with Gasteiger partial charge in [-0.25, -0.2) is 0 Å². The van der Waals surface area contributed by atoms with E-state index in [4.69, 9.17) is 4.74 Å². The van der Waals surface area contributed by atoms with E-state index < -0.39 is 6.04 Å². The molecule has 0 aromatic rings. The Morgan fingerprint density at radius 2 is 1.85 bits per heavy atom. The van der Waals surface area contributed by atoms with Crippen LogP contribution in [-0.2, 0) is 9.53 Å². The molecule has 0 aliphatic heterocycles. The first kappa shape index (κ1) is 12.1. The van der Waals surface area contributed by atoms with E-state index in [9.17, 15) is 9.18 Å². The van der Waals surface area contributed by atoms with Crippen molar-refractivity contribution in [2.24, 2.45) is 0 Å². The number of hydrogen-bond acceptors (Lipinski definition) is 2. The molecule has 0 amide bonds. The van der Waals surface area contributed by atoms with Gasteiger partial charge >= 0.3 is 6.04 Å². The van der Waals surface area contributed by atoms with Crippen LogP contribution in [0.1, 0.15) is 13.8 Å². The normalized spacial score (nSPS) is 12.6. The molecule has 0 rings (SSSR count). The summed E-state index contributed by atoms with van der Waals surface area (Å²) in [7, 11) is 0. The molecule has 0 saturated heterocycles. The van der Waals surface area contributed by atoms with E-state index in [1.807, 2.05) is 0 Å². The summed E-state index contributed by atoms with van der Waals surface area (Å²) < 4.78 is 17.5. The summed E-state index contributed by atoms with van der Waals surface area (Å²) in [6.07, 6.45) is 2.38. The molecule has 0 spiro atoms. The summed E-state index contributed by atoms with van der Waals surface area (Å²) >= 11 is 3.10.